The van der Waals surface area contributed by atoms with E-state index in [0.717, 1.165) is 17.6 Å². The van der Waals surface area contributed by atoms with E-state index in [1.807, 2.05) is 20.2 Å². The van der Waals surface area contributed by atoms with Crippen LogP contribution in [-0.2, 0) is 9.53 Å². The van der Waals surface area contributed by atoms with Gasteiger partial charge in [0, 0.05) is 56.0 Å². The third-order valence-electron chi connectivity index (χ3n) is 5.59. The molecule has 0 unspecified atom stereocenters. The Morgan fingerprint density at radius 3 is 2.71 bits per heavy atom. The highest BCUT2D eigenvalue weighted by atomic mass is 16.5. The molecule has 0 saturated carbocycles. The van der Waals surface area contributed by atoms with Gasteiger partial charge < -0.3 is 19.9 Å². The van der Waals surface area contributed by atoms with E-state index in [4.69, 9.17) is 4.74 Å². The van der Waals surface area contributed by atoms with Crippen LogP contribution in [0.1, 0.15) is 23.5 Å². The molecule has 1 saturated heterocycles. The van der Waals surface area contributed by atoms with Gasteiger partial charge in [0.15, 0.2) is 0 Å². The lowest BCUT2D eigenvalue weighted by atomic mass is 9.90. The molecule has 1 fully saturated rings. The number of hydrogen-bond acceptors (Lipinski definition) is 3. The zero-order valence-corrected chi connectivity index (χ0v) is 16.4. The lowest BCUT2D eigenvalue weighted by Gasteiger charge is -2.21. The van der Waals surface area contributed by atoms with Crippen LogP contribution in [0.25, 0.3) is 10.9 Å². The Kier molecular flexibility index (Phi) is 5.35. The summed E-state index contributed by atoms with van der Waals surface area (Å²) in [6.45, 7) is 1.77. The fraction of sp³-hybridized carbons (Fsp3) is 0.348. The molecule has 1 aliphatic heterocycles. The van der Waals surface area contributed by atoms with Gasteiger partial charge in [0.2, 0.25) is 5.91 Å². The van der Waals surface area contributed by atoms with Gasteiger partial charge in [0.25, 0.3) is 0 Å². The number of hydrogen-bond donors (Lipinski definition) is 2. The summed E-state index contributed by atoms with van der Waals surface area (Å²) in [5, 5.41) is 4.37. The molecule has 0 spiro atoms. The molecule has 2 N–H and O–H groups in total. The van der Waals surface area contributed by atoms with Crippen LogP contribution in [0.3, 0.4) is 0 Å². The SMILES string of the molecule is CN(C)c1ccc([C@@H](CNC(=O)[C@H]2CCOC2)c2c[nH]c3ccccc23)cc1. The van der Waals surface area contributed by atoms with Crippen LogP contribution < -0.4 is 10.2 Å². The van der Waals surface area contributed by atoms with Crippen molar-refractivity contribution in [3.63, 3.8) is 0 Å². The zero-order chi connectivity index (χ0) is 19.5. The van der Waals surface area contributed by atoms with E-state index in [1.54, 1.807) is 0 Å². The third kappa shape index (κ3) is 3.76. The minimum Gasteiger partial charge on any atom is -0.381 e. The lowest BCUT2D eigenvalue weighted by Crippen LogP contribution is -2.34. The Labute approximate surface area is 165 Å². The van der Waals surface area contributed by atoms with Crippen LogP contribution in [0.15, 0.2) is 54.7 Å². The molecule has 4 rings (SSSR count). The quantitative estimate of drug-likeness (QED) is 0.691. The van der Waals surface area contributed by atoms with Crippen LogP contribution in [0.2, 0.25) is 0 Å². The molecule has 1 amide bonds. The number of anilines is 1. The van der Waals surface area contributed by atoms with Crippen LogP contribution in [-0.4, -0.2) is 44.7 Å². The van der Waals surface area contributed by atoms with E-state index in [9.17, 15) is 4.79 Å². The summed E-state index contributed by atoms with van der Waals surface area (Å²) in [6, 6.07) is 16.9. The molecule has 0 aliphatic carbocycles. The van der Waals surface area contributed by atoms with E-state index < -0.39 is 0 Å². The number of benzene rings is 2. The fourth-order valence-corrected chi connectivity index (χ4v) is 3.88. The average molecular weight is 377 g/mol. The van der Waals surface area contributed by atoms with Crippen molar-refractivity contribution in [1.82, 2.24) is 10.3 Å². The lowest BCUT2D eigenvalue weighted by molar-refractivity contribution is -0.124. The van der Waals surface area contributed by atoms with Gasteiger partial charge in [-0.1, -0.05) is 30.3 Å². The summed E-state index contributed by atoms with van der Waals surface area (Å²) in [6.07, 6.45) is 2.88. The number of H-pyrrole nitrogens is 1. The molecule has 1 aromatic heterocycles. The second-order valence-corrected chi connectivity index (χ2v) is 7.63. The zero-order valence-electron chi connectivity index (χ0n) is 16.4. The number of carbonyl (C=O) groups excluding carboxylic acids is 1. The molecule has 1 aliphatic rings. The molecule has 5 nitrogen and oxygen atoms in total. The van der Waals surface area contributed by atoms with Gasteiger partial charge in [-0.15, -0.1) is 0 Å². The van der Waals surface area contributed by atoms with Gasteiger partial charge in [-0.2, -0.15) is 0 Å². The smallest absolute Gasteiger partial charge is 0.225 e. The second-order valence-electron chi connectivity index (χ2n) is 7.63. The summed E-state index contributed by atoms with van der Waals surface area (Å²) >= 11 is 0. The summed E-state index contributed by atoms with van der Waals surface area (Å²) in [7, 11) is 4.08. The first-order valence-electron chi connectivity index (χ1n) is 9.82. The Balaban J connectivity index is 1.63. The van der Waals surface area contributed by atoms with E-state index >= 15 is 0 Å². The standard InChI is InChI=1S/C23H27N3O2/c1-26(2)18-9-7-16(8-10-18)20(13-25-23(27)17-11-12-28-15-17)21-14-24-22-6-4-3-5-19(21)22/h3-10,14,17,20,24H,11-13,15H2,1-2H3,(H,25,27)/t17-,20+/m0/s1. The summed E-state index contributed by atoms with van der Waals surface area (Å²) < 4.78 is 5.36. The number of para-hydroxylation sites is 1. The molecule has 3 aromatic rings. The second kappa shape index (κ2) is 8.07. The Morgan fingerprint density at radius 2 is 2.00 bits per heavy atom. The summed E-state index contributed by atoms with van der Waals surface area (Å²) in [4.78, 5) is 18.0. The van der Waals surface area contributed by atoms with E-state index in [0.29, 0.717) is 19.8 Å². The number of aromatic amines is 1. The van der Waals surface area contributed by atoms with Gasteiger partial charge in [0.05, 0.1) is 12.5 Å². The van der Waals surface area contributed by atoms with Gasteiger partial charge >= 0.3 is 0 Å². The molecule has 28 heavy (non-hydrogen) atoms. The Morgan fingerprint density at radius 1 is 1.21 bits per heavy atom. The number of carbonyl (C=O) groups is 1. The minimum atomic E-state index is -0.0280. The maximum atomic E-state index is 12.6. The van der Waals surface area contributed by atoms with Crippen molar-refractivity contribution < 1.29 is 9.53 Å². The van der Waals surface area contributed by atoms with Crippen molar-refractivity contribution in [3.8, 4) is 0 Å². The van der Waals surface area contributed by atoms with Crippen molar-refractivity contribution in [2.75, 3.05) is 38.8 Å². The van der Waals surface area contributed by atoms with Crippen molar-refractivity contribution in [2.45, 2.75) is 12.3 Å². The normalized spacial score (nSPS) is 17.6. The number of nitrogens with zero attached hydrogens (tertiary/aromatic N) is 1. The molecule has 2 atom stereocenters. The Hall–Kier alpha value is -2.79. The highest BCUT2D eigenvalue weighted by molar-refractivity contribution is 5.84. The molecular formula is C23H27N3O2. The van der Waals surface area contributed by atoms with Crippen LogP contribution in [0, 0.1) is 5.92 Å². The molecule has 5 heteroatoms. The summed E-state index contributed by atoms with van der Waals surface area (Å²) in [5.41, 5.74) is 4.67. The maximum absolute atomic E-state index is 12.6. The van der Waals surface area contributed by atoms with Crippen molar-refractivity contribution in [3.05, 3.63) is 65.9 Å². The monoisotopic (exact) mass is 377 g/mol. The Bertz CT molecular complexity index is 940. The first-order chi connectivity index (χ1) is 13.6. The first kappa shape index (κ1) is 18.6. The topological polar surface area (TPSA) is 57.4 Å². The average Bonchev–Trinajstić information content (AvgIpc) is 3.39. The van der Waals surface area contributed by atoms with Crippen LogP contribution in [0.5, 0.6) is 0 Å². The molecule has 0 bridgehead atoms. The predicted molar refractivity (Wildman–Crippen MR) is 113 cm³/mol. The van der Waals surface area contributed by atoms with E-state index in [-0.39, 0.29) is 17.7 Å². The first-order valence-corrected chi connectivity index (χ1v) is 9.82. The van der Waals surface area contributed by atoms with Crippen molar-refractivity contribution in [2.24, 2.45) is 5.92 Å². The number of nitrogens with one attached hydrogen (secondary N) is 2. The number of ether oxygens (including phenoxy) is 1. The number of fused-ring (bicyclic) bond motifs is 1. The predicted octanol–water partition coefficient (Wildman–Crippen LogP) is 3.52. The van der Waals surface area contributed by atoms with Crippen molar-refractivity contribution >= 4 is 22.5 Å². The molecule has 2 heterocycles. The van der Waals surface area contributed by atoms with Crippen molar-refractivity contribution in [1.29, 1.82) is 0 Å². The van der Waals surface area contributed by atoms with Gasteiger partial charge in [0.1, 0.15) is 0 Å². The molecule has 0 radical (unpaired) electrons. The minimum absolute atomic E-state index is 0.0280. The highest BCUT2D eigenvalue weighted by Gasteiger charge is 2.25. The number of rotatable bonds is 6. The highest BCUT2D eigenvalue weighted by Crippen LogP contribution is 2.31. The van der Waals surface area contributed by atoms with Crippen LogP contribution >= 0.6 is 0 Å². The van der Waals surface area contributed by atoms with E-state index in [1.165, 1.54) is 16.5 Å². The van der Waals surface area contributed by atoms with Gasteiger partial charge in [-0.3, -0.25) is 4.79 Å². The summed E-state index contributed by atoms with van der Waals surface area (Å²) in [5.74, 6) is 0.144. The van der Waals surface area contributed by atoms with Gasteiger partial charge in [-0.05, 0) is 35.7 Å². The van der Waals surface area contributed by atoms with E-state index in [2.05, 4.69) is 63.9 Å². The molecular weight excluding hydrogens is 350 g/mol. The number of aromatic nitrogens is 1. The van der Waals surface area contributed by atoms with Gasteiger partial charge in [-0.25, -0.2) is 0 Å². The molecule has 2 aromatic carbocycles. The fourth-order valence-electron chi connectivity index (χ4n) is 3.88. The number of amides is 1. The third-order valence-corrected chi connectivity index (χ3v) is 5.59. The molecule has 146 valence electrons. The maximum Gasteiger partial charge on any atom is 0.225 e. The van der Waals surface area contributed by atoms with Crippen LogP contribution in [0.4, 0.5) is 5.69 Å². The largest absolute Gasteiger partial charge is 0.381 e.